The second kappa shape index (κ2) is 63.5. The fourth-order valence-corrected chi connectivity index (χ4v) is 1.05. The predicted octanol–water partition coefficient (Wildman–Crippen LogP) is 11.9. The molecule has 1 unspecified atom stereocenters. The standard InChI is InChI=1S/C7H16.C6H14.C5H12.4C2H6.CH4/c1-5-7(4)6(2)3;1-4-5-6(2)3;1-4-5(2)3;4*1-2;/h6-7H,5H2,1-4H3;6H,4-5H2,1-3H3;5H,4H2,1-3H3;4*1-2H3;1H4. The molecule has 0 aliphatic heterocycles. The molecule has 0 aromatic carbocycles. The van der Waals surface area contributed by atoms with E-state index in [4.69, 9.17) is 0 Å². The van der Waals surface area contributed by atoms with E-state index in [0.29, 0.717) is 0 Å². The number of rotatable bonds is 5. The topological polar surface area (TPSA) is 0 Å². The fourth-order valence-electron chi connectivity index (χ4n) is 1.05. The summed E-state index contributed by atoms with van der Waals surface area (Å²) in [5, 5.41) is 0. The van der Waals surface area contributed by atoms with Crippen LogP contribution >= 0.6 is 0 Å². The Morgan fingerprint density at radius 3 is 0.741 bits per heavy atom. The van der Waals surface area contributed by atoms with Crippen molar-refractivity contribution < 1.29 is 0 Å². The van der Waals surface area contributed by atoms with Crippen LogP contribution in [-0.4, -0.2) is 0 Å². The lowest BCUT2D eigenvalue weighted by Crippen LogP contribution is -2.00. The highest BCUT2D eigenvalue weighted by Gasteiger charge is 2.01. The summed E-state index contributed by atoms with van der Waals surface area (Å²) in [6.45, 7) is 38.5. The summed E-state index contributed by atoms with van der Waals surface area (Å²) in [7, 11) is 0. The van der Waals surface area contributed by atoms with Crippen LogP contribution in [0.4, 0.5) is 0 Å². The van der Waals surface area contributed by atoms with Crippen LogP contribution in [0.3, 0.4) is 0 Å². The Hall–Kier alpha value is 0. The summed E-state index contributed by atoms with van der Waals surface area (Å²) in [4.78, 5) is 0. The molecule has 0 aliphatic carbocycles. The molecule has 0 bridgehead atoms. The summed E-state index contributed by atoms with van der Waals surface area (Å²) < 4.78 is 0. The van der Waals surface area contributed by atoms with Gasteiger partial charge in [0.1, 0.15) is 0 Å². The highest BCUT2D eigenvalue weighted by Crippen LogP contribution is 2.11. The zero-order valence-electron chi connectivity index (χ0n) is 23.1. The average molecular weight is 395 g/mol. The van der Waals surface area contributed by atoms with Gasteiger partial charge >= 0.3 is 0 Å². The van der Waals surface area contributed by atoms with E-state index >= 15 is 0 Å². The number of hydrogen-bond donors (Lipinski definition) is 0. The molecule has 0 spiro atoms. The van der Waals surface area contributed by atoms with E-state index in [0.717, 1.165) is 23.7 Å². The van der Waals surface area contributed by atoms with Crippen molar-refractivity contribution in [1.29, 1.82) is 0 Å². The third-order valence-corrected chi connectivity index (χ3v) is 3.46. The molecule has 0 heterocycles. The van der Waals surface area contributed by atoms with Crippen LogP contribution < -0.4 is 0 Å². The van der Waals surface area contributed by atoms with Gasteiger partial charge in [-0.15, -0.1) is 0 Å². The van der Waals surface area contributed by atoms with E-state index in [1.807, 2.05) is 55.4 Å². The van der Waals surface area contributed by atoms with Gasteiger partial charge in [-0.2, -0.15) is 0 Å². The molecular formula is C27H70. The molecule has 0 heteroatoms. The molecule has 0 aromatic heterocycles. The Morgan fingerprint density at radius 2 is 0.741 bits per heavy atom. The predicted molar refractivity (Wildman–Crippen MR) is 141 cm³/mol. The average Bonchev–Trinajstić information content (AvgIpc) is 2.68. The van der Waals surface area contributed by atoms with Crippen molar-refractivity contribution >= 4 is 0 Å². The van der Waals surface area contributed by atoms with Gasteiger partial charge in [0, 0.05) is 0 Å². The van der Waals surface area contributed by atoms with Gasteiger partial charge in [-0.25, -0.2) is 0 Å². The van der Waals surface area contributed by atoms with Crippen molar-refractivity contribution in [2.45, 2.75) is 158 Å². The molecule has 27 heavy (non-hydrogen) atoms. The molecule has 0 saturated carbocycles. The minimum Gasteiger partial charge on any atom is -0.0776 e. The minimum atomic E-state index is 0. The first-order chi connectivity index (χ1) is 12.2. The Balaban J connectivity index is -0.0000000279. The third-order valence-electron chi connectivity index (χ3n) is 3.46. The summed E-state index contributed by atoms with van der Waals surface area (Å²) in [6, 6.07) is 0. The van der Waals surface area contributed by atoms with Gasteiger partial charge in [-0.1, -0.05) is 158 Å². The Kier molecular flexibility index (Phi) is 119. The van der Waals surface area contributed by atoms with Crippen LogP contribution in [0.2, 0.25) is 0 Å². The summed E-state index contributed by atoms with van der Waals surface area (Å²) >= 11 is 0. The molecule has 178 valence electrons. The van der Waals surface area contributed by atoms with E-state index in [-0.39, 0.29) is 7.43 Å². The van der Waals surface area contributed by atoms with Crippen molar-refractivity contribution in [2.75, 3.05) is 0 Å². The van der Waals surface area contributed by atoms with Gasteiger partial charge in [0.2, 0.25) is 0 Å². The summed E-state index contributed by atoms with van der Waals surface area (Å²) in [5.74, 6) is 3.55. The van der Waals surface area contributed by atoms with Crippen LogP contribution in [0.5, 0.6) is 0 Å². The molecule has 0 radical (unpaired) electrons. The lowest BCUT2D eigenvalue weighted by atomic mass is 9.96. The summed E-state index contributed by atoms with van der Waals surface area (Å²) in [5.41, 5.74) is 0. The van der Waals surface area contributed by atoms with Crippen LogP contribution in [0.25, 0.3) is 0 Å². The zero-order chi connectivity index (χ0) is 23.1. The number of hydrogen-bond acceptors (Lipinski definition) is 0. The van der Waals surface area contributed by atoms with E-state index < -0.39 is 0 Å². The minimum absolute atomic E-state index is 0. The van der Waals surface area contributed by atoms with E-state index in [2.05, 4.69) is 69.2 Å². The molecule has 0 N–H and O–H groups in total. The van der Waals surface area contributed by atoms with Crippen molar-refractivity contribution in [1.82, 2.24) is 0 Å². The molecular weight excluding hydrogens is 324 g/mol. The van der Waals surface area contributed by atoms with Gasteiger partial charge in [0.05, 0.1) is 0 Å². The fraction of sp³-hybridized carbons (Fsp3) is 1.00. The third kappa shape index (κ3) is 124. The van der Waals surface area contributed by atoms with Gasteiger partial charge in [-0.05, 0) is 23.7 Å². The van der Waals surface area contributed by atoms with Crippen molar-refractivity contribution in [3.8, 4) is 0 Å². The van der Waals surface area contributed by atoms with Gasteiger partial charge < -0.3 is 0 Å². The van der Waals surface area contributed by atoms with Crippen molar-refractivity contribution in [2.24, 2.45) is 23.7 Å². The quantitative estimate of drug-likeness (QED) is 0.434. The molecule has 0 nitrogen and oxygen atoms in total. The van der Waals surface area contributed by atoms with Crippen LogP contribution in [0.15, 0.2) is 0 Å². The highest BCUT2D eigenvalue weighted by atomic mass is 14.1. The first-order valence-corrected chi connectivity index (χ1v) is 12.2. The Labute approximate surface area is 181 Å². The van der Waals surface area contributed by atoms with Crippen molar-refractivity contribution in [3.05, 3.63) is 0 Å². The van der Waals surface area contributed by atoms with E-state index in [9.17, 15) is 0 Å². The molecule has 0 aliphatic rings. The van der Waals surface area contributed by atoms with Gasteiger partial charge in [0.15, 0.2) is 0 Å². The van der Waals surface area contributed by atoms with Crippen LogP contribution in [0, 0.1) is 23.7 Å². The maximum Gasteiger partial charge on any atom is -0.0422 e. The lowest BCUT2D eigenvalue weighted by Gasteiger charge is -2.10. The van der Waals surface area contributed by atoms with Crippen LogP contribution in [0.1, 0.15) is 158 Å². The monoisotopic (exact) mass is 395 g/mol. The SMILES string of the molecule is C.CC.CC.CC.CC.CCC(C)C.CCC(C)C(C)C.CCCC(C)C. The molecule has 0 fully saturated rings. The van der Waals surface area contributed by atoms with Gasteiger partial charge in [-0.3, -0.25) is 0 Å². The first-order valence-electron chi connectivity index (χ1n) is 12.2. The summed E-state index contributed by atoms with van der Waals surface area (Å²) in [6.07, 6.45) is 5.33. The maximum atomic E-state index is 2.30. The Morgan fingerprint density at radius 1 is 0.481 bits per heavy atom. The largest absolute Gasteiger partial charge is 0.0776 e. The zero-order valence-corrected chi connectivity index (χ0v) is 23.1. The van der Waals surface area contributed by atoms with E-state index in [1.54, 1.807) is 0 Å². The lowest BCUT2D eigenvalue weighted by molar-refractivity contribution is 0.407. The normalized spacial score (nSPS) is 8.78. The van der Waals surface area contributed by atoms with Crippen molar-refractivity contribution in [3.63, 3.8) is 0 Å². The second-order valence-corrected chi connectivity index (χ2v) is 6.61. The molecule has 1 atom stereocenters. The van der Waals surface area contributed by atoms with Crippen LogP contribution in [-0.2, 0) is 0 Å². The second-order valence-electron chi connectivity index (χ2n) is 6.61. The van der Waals surface area contributed by atoms with E-state index in [1.165, 1.54) is 25.7 Å². The molecule has 0 saturated heterocycles. The molecule has 0 rings (SSSR count). The molecule has 0 amide bonds. The smallest absolute Gasteiger partial charge is 0.0422 e. The molecule has 0 aromatic rings. The maximum absolute atomic E-state index is 2.30. The highest BCUT2D eigenvalue weighted by molar-refractivity contribution is 4.52. The Bertz CT molecular complexity index is 122. The first kappa shape index (κ1) is 50.6. The van der Waals surface area contributed by atoms with Gasteiger partial charge in [0.25, 0.3) is 0 Å².